The summed E-state index contributed by atoms with van der Waals surface area (Å²) in [6.07, 6.45) is 11.3. The zero-order valence-electron chi connectivity index (χ0n) is 20.1. The van der Waals surface area contributed by atoms with Crippen LogP contribution < -0.4 is 4.72 Å². The molecule has 0 radical (unpaired) electrons. The van der Waals surface area contributed by atoms with Gasteiger partial charge in [0, 0.05) is 18.5 Å². The van der Waals surface area contributed by atoms with Gasteiger partial charge in [-0.3, -0.25) is 14.3 Å². The largest absolute Gasteiger partial charge is 0.461 e. The van der Waals surface area contributed by atoms with Gasteiger partial charge in [-0.25, -0.2) is 0 Å². The molecular formula is C26H36F3NO4S. The Morgan fingerprint density at radius 2 is 1.17 bits per heavy atom. The summed E-state index contributed by atoms with van der Waals surface area (Å²) >= 11 is -0.352. The minimum atomic E-state index is -4.44. The number of rotatable bonds is 8. The van der Waals surface area contributed by atoms with Gasteiger partial charge in [-0.05, 0) is 113 Å². The molecule has 35 heavy (non-hydrogen) atoms. The monoisotopic (exact) mass is 515 g/mol. The first-order chi connectivity index (χ1) is 16.6. The molecule has 1 unspecified atom stereocenters. The average molecular weight is 516 g/mol. The van der Waals surface area contributed by atoms with Crippen molar-refractivity contribution in [3.05, 3.63) is 0 Å². The number of carbonyl (C=O) groups excluding carboxylic acids is 2. The van der Waals surface area contributed by atoms with Gasteiger partial charge in [-0.15, -0.1) is 0 Å². The third-order valence-electron chi connectivity index (χ3n) is 10.1. The zero-order valence-corrected chi connectivity index (χ0v) is 20.9. The number of esters is 2. The summed E-state index contributed by atoms with van der Waals surface area (Å²) in [4.78, 5) is 26.7. The molecule has 0 spiro atoms. The molecule has 8 rings (SSSR count). The maximum atomic E-state index is 13.4. The van der Waals surface area contributed by atoms with Gasteiger partial charge in [0.2, 0.25) is 0 Å². The Morgan fingerprint density at radius 3 is 1.57 bits per heavy atom. The van der Waals surface area contributed by atoms with E-state index in [9.17, 15) is 22.8 Å². The van der Waals surface area contributed by atoms with Gasteiger partial charge < -0.3 is 9.47 Å². The van der Waals surface area contributed by atoms with Crippen LogP contribution in [0.4, 0.5) is 13.2 Å². The van der Waals surface area contributed by atoms with Gasteiger partial charge in [0.15, 0.2) is 0 Å². The summed E-state index contributed by atoms with van der Waals surface area (Å²) in [5, 5.41) is 0. The van der Waals surface area contributed by atoms with Gasteiger partial charge in [0.25, 0.3) is 0 Å². The van der Waals surface area contributed by atoms with Crippen molar-refractivity contribution in [1.29, 1.82) is 0 Å². The van der Waals surface area contributed by atoms with Crippen LogP contribution in [0.1, 0.15) is 77.0 Å². The molecule has 0 aromatic rings. The smallest absolute Gasteiger partial charge is 0.456 e. The molecule has 5 nitrogen and oxygen atoms in total. The molecule has 0 amide bonds. The van der Waals surface area contributed by atoms with Crippen molar-refractivity contribution < 1.29 is 32.2 Å². The molecule has 0 aliphatic heterocycles. The first-order valence-electron chi connectivity index (χ1n) is 13.5. The lowest BCUT2D eigenvalue weighted by Gasteiger charge is -2.55. The van der Waals surface area contributed by atoms with Crippen molar-refractivity contribution in [3.8, 4) is 0 Å². The van der Waals surface area contributed by atoms with E-state index in [4.69, 9.17) is 9.47 Å². The Hall–Kier alpha value is -0.960. The van der Waals surface area contributed by atoms with Gasteiger partial charge in [0.1, 0.15) is 12.7 Å². The maximum Gasteiger partial charge on any atom is 0.456 e. The van der Waals surface area contributed by atoms with E-state index < -0.39 is 22.4 Å². The Bertz CT molecular complexity index is 791. The Balaban J connectivity index is 1.10. The highest BCUT2D eigenvalue weighted by Crippen LogP contribution is 2.61. The molecule has 1 N–H and O–H groups in total. The molecule has 0 saturated heterocycles. The van der Waals surface area contributed by atoms with E-state index in [1.807, 2.05) is 0 Å². The second-order valence-electron chi connectivity index (χ2n) is 12.9. The number of hydrogen-bond acceptors (Lipinski definition) is 6. The molecule has 8 bridgehead atoms. The van der Waals surface area contributed by atoms with E-state index in [-0.39, 0.29) is 37.0 Å². The van der Waals surface area contributed by atoms with Crippen molar-refractivity contribution in [1.82, 2.24) is 4.72 Å². The number of halogens is 3. The standard InChI is InChI=1S/C26H36F3NO4S/c27-26(28,29)35-30-13-21(34-23(32)25-10-18-4-19(11-25)6-20(5-18)12-25)14-33-22(31)24-7-15-1-16(8-24)3-17(2-15)9-24/h15-21,30H,1-14H2. The number of carbonyl (C=O) groups is 2. The molecule has 8 saturated carbocycles. The van der Waals surface area contributed by atoms with Crippen LogP contribution in [-0.2, 0) is 19.1 Å². The van der Waals surface area contributed by atoms with Crippen LogP contribution in [0.2, 0.25) is 0 Å². The average Bonchev–Trinajstić information content (AvgIpc) is 2.74. The Labute approximate surface area is 209 Å². The Kier molecular flexibility index (Phi) is 6.14. The van der Waals surface area contributed by atoms with Crippen molar-refractivity contribution in [2.45, 2.75) is 88.7 Å². The summed E-state index contributed by atoms with van der Waals surface area (Å²) in [6.45, 7) is -0.402. The van der Waals surface area contributed by atoms with Crippen LogP contribution in [0.3, 0.4) is 0 Å². The first-order valence-corrected chi connectivity index (χ1v) is 14.3. The second kappa shape index (κ2) is 8.81. The second-order valence-corrected chi connectivity index (χ2v) is 13.9. The molecule has 8 aliphatic rings. The van der Waals surface area contributed by atoms with Crippen LogP contribution >= 0.6 is 11.9 Å². The van der Waals surface area contributed by atoms with E-state index in [0.29, 0.717) is 35.5 Å². The fraction of sp³-hybridized carbons (Fsp3) is 0.923. The fourth-order valence-electron chi connectivity index (χ4n) is 9.67. The molecule has 196 valence electrons. The van der Waals surface area contributed by atoms with Crippen molar-refractivity contribution in [3.63, 3.8) is 0 Å². The van der Waals surface area contributed by atoms with Crippen LogP contribution in [0.5, 0.6) is 0 Å². The minimum absolute atomic E-state index is 0.190. The number of alkyl halides is 3. The maximum absolute atomic E-state index is 13.4. The first kappa shape index (κ1) is 24.4. The number of nitrogens with one attached hydrogen (secondary N) is 1. The molecular weight excluding hydrogens is 479 g/mol. The third kappa shape index (κ3) is 4.85. The fourth-order valence-corrected chi connectivity index (χ4v) is 10.1. The number of ether oxygens (including phenoxy) is 2. The minimum Gasteiger partial charge on any atom is -0.461 e. The molecule has 0 heterocycles. The van der Waals surface area contributed by atoms with E-state index in [1.54, 1.807) is 0 Å². The van der Waals surface area contributed by atoms with Gasteiger partial charge >= 0.3 is 17.4 Å². The normalized spacial score (nSPS) is 43.9. The molecule has 9 heteroatoms. The Morgan fingerprint density at radius 1 is 0.771 bits per heavy atom. The summed E-state index contributed by atoms with van der Waals surface area (Å²) in [5.41, 5.74) is -5.39. The quantitative estimate of drug-likeness (QED) is 0.334. The molecule has 8 aliphatic carbocycles. The predicted octanol–water partition coefficient (Wildman–Crippen LogP) is 5.63. The molecule has 0 aromatic heterocycles. The highest BCUT2D eigenvalue weighted by molar-refractivity contribution is 7.98. The van der Waals surface area contributed by atoms with Crippen LogP contribution in [0, 0.1) is 46.3 Å². The topological polar surface area (TPSA) is 64.6 Å². The summed E-state index contributed by atoms with van der Waals surface area (Å²) < 4.78 is 52.0. The van der Waals surface area contributed by atoms with Gasteiger partial charge in [-0.1, -0.05) is 0 Å². The lowest BCUT2D eigenvalue weighted by molar-refractivity contribution is -0.186. The van der Waals surface area contributed by atoms with Crippen LogP contribution in [-0.4, -0.2) is 36.7 Å². The van der Waals surface area contributed by atoms with E-state index >= 15 is 0 Å². The molecule has 0 aromatic carbocycles. The predicted molar refractivity (Wildman–Crippen MR) is 124 cm³/mol. The highest BCUT2D eigenvalue weighted by atomic mass is 32.2. The molecule has 1 atom stereocenters. The van der Waals surface area contributed by atoms with E-state index in [2.05, 4.69) is 4.72 Å². The summed E-state index contributed by atoms with van der Waals surface area (Å²) in [6, 6.07) is 0. The lowest BCUT2D eigenvalue weighted by Crippen LogP contribution is -2.52. The zero-order chi connectivity index (χ0) is 24.4. The summed E-state index contributed by atoms with van der Waals surface area (Å²) in [7, 11) is 0. The molecule has 8 fully saturated rings. The van der Waals surface area contributed by atoms with Crippen molar-refractivity contribution >= 4 is 23.9 Å². The number of hydrogen-bond donors (Lipinski definition) is 1. The van der Waals surface area contributed by atoms with Gasteiger partial charge in [0.05, 0.1) is 10.8 Å². The lowest BCUT2D eigenvalue weighted by atomic mass is 9.49. The van der Waals surface area contributed by atoms with Crippen molar-refractivity contribution in [2.75, 3.05) is 13.2 Å². The van der Waals surface area contributed by atoms with Crippen molar-refractivity contribution in [2.24, 2.45) is 46.3 Å². The van der Waals surface area contributed by atoms with Gasteiger partial charge in [-0.2, -0.15) is 13.2 Å². The van der Waals surface area contributed by atoms with Crippen LogP contribution in [0.15, 0.2) is 0 Å². The van der Waals surface area contributed by atoms with Crippen LogP contribution in [0.25, 0.3) is 0 Å². The van der Waals surface area contributed by atoms with E-state index in [0.717, 1.165) is 38.5 Å². The van der Waals surface area contributed by atoms with E-state index in [1.165, 1.54) is 38.5 Å². The third-order valence-corrected chi connectivity index (χ3v) is 10.7. The SMILES string of the molecule is O=C(OCC(CNSC(F)(F)F)OC(=O)C12CC3CC(CC(C3)C1)C2)C12CC3CC(CC(C3)C1)C2. The summed E-state index contributed by atoms with van der Waals surface area (Å²) in [5.74, 6) is 2.89. The highest BCUT2D eigenvalue weighted by Gasteiger charge is 2.57.